The molecule has 1 aromatic carbocycles. The maximum Gasteiger partial charge on any atom is 0.388 e. The molecule has 0 unspecified atom stereocenters. The van der Waals surface area contributed by atoms with Crippen molar-refractivity contribution in [2.24, 2.45) is 0 Å². The van der Waals surface area contributed by atoms with Crippen LogP contribution in [0.1, 0.15) is 15.2 Å². The second-order valence-corrected chi connectivity index (χ2v) is 6.18. The summed E-state index contributed by atoms with van der Waals surface area (Å²) in [7, 11) is 1.54. The minimum absolute atomic E-state index is 0.0916. The highest BCUT2D eigenvalue weighted by Gasteiger charge is 2.18. The van der Waals surface area contributed by atoms with Gasteiger partial charge < -0.3 is 20.5 Å². The molecule has 7 nitrogen and oxygen atoms in total. The molecule has 0 bridgehead atoms. The molecule has 3 aromatic rings. The van der Waals surface area contributed by atoms with E-state index in [1.54, 1.807) is 24.3 Å². The van der Waals surface area contributed by atoms with Gasteiger partial charge in [0.05, 0.1) is 19.0 Å². The van der Waals surface area contributed by atoms with Crippen LogP contribution in [0.3, 0.4) is 0 Å². The standard InChI is InChI=1S/C17H14F2N4O3S/c1-25-11-5-2-9(3-6-11)13(24)14-15(20)23-17(27-14)22-10-4-7-12(21-8-10)26-16(18)19/h2-8,16H,20H2,1H3,(H,22,23). The molecule has 0 radical (unpaired) electrons. The van der Waals surface area contributed by atoms with E-state index in [9.17, 15) is 13.6 Å². The van der Waals surface area contributed by atoms with Crippen LogP contribution < -0.4 is 20.5 Å². The van der Waals surface area contributed by atoms with Crippen molar-refractivity contribution in [3.63, 3.8) is 0 Å². The number of hydrogen-bond acceptors (Lipinski definition) is 8. The minimum Gasteiger partial charge on any atom is -0.497 e. The zero-order valence-corrected chi connectivity index (χ0v) is 14.8. The van der Waals surface area contributed by atoms with Gasteiger partial charge in [-0.3, -0.25) is 4.79 Å². The van der Waals surface area contributed by atoms with Crippen LogP contribution >= 0.6 is 11.3 Å². The number of anilines is 3. The molecule has 0 saturated heterocycles. The number of alkyl halides is 2. The lowest BCUT2D eigenvalue weighted by molar-refractivity contribution is -0.0528. The van der Waals surface area contributed by atoms with Crippen molar-refractivity contribution in [1.29, 1.82) is 0 Å². The number of thiazole rings is 1. The molecule has 27 heavy (non-hydrogen) atoms. The first-order valence-electron chi connectivity index (χ1n) is 7.59. The monoisotopic (exact) mass is 392 g/mol. The first kappa shape index (κ1) is 18.5. The van der Waals surface area contributed by atoms with Gasteiger partial charge in [-0.15, -0.1) is 0 Å². The number of nitrogen functional groups attached to an aromatic ring is 1. The lowest BCUT2D eigenvalue weighted by Crippen LogP contribution is -2.03. The molecule has 140 valence electrons. The summed E-state index contributed by atoms with van der Waals surface area (Å²) in [6.45, 7) is -2.94. The van der Waals surface area contributed by atoms with Crippen molar-refractivity contribution >= 4 is 33.8 Å². The molecule has 0 aliphatic heterocycles. The fourth-order valence-corrected chi connectivity index (χ4v) is 3.03. The highest BCUT2D eigenvalue weighted by molar-refractivity contribution is 7.18. The minimum atomic E-state index is -2.94. The smallest absolute Gasteiger partial charge is 0.388 e. The summed E-state index contributed by atoms with van der Waals surface area (Å²) in [5.74, 6) is 0.260. The number of halogens is 2. The van der Waals surface area contributed by atoms with Crippen molar-refractivity contribution in [3.05, 3.63) is 53.0 Å². The molecule has 3 N–H and O–H groups in total. The molecule has 0 aliphatic carbocycles. The Morgan fingerprint density at radius 1 is 1.22 bits per heavy atom. The number of nitrogens with two attached hydrogens (primary N) is 1. The molecular weight excluding hydrogens is 378 g/mol. The number of nitrogens with zero attached hydrogens (tertiary/aromatic N) is 2. The molecule has 0 atom stereocenters. The van der Waals surface area contributed by atoms with Gasteiger partial charge in [-0.25, -0.2) is 9.97 Å². The van der Waals surface area contributed by atoms with E-state index in [0.717, 1.165) is 11.3 Å². The third-order valence-corrected chi connectivity index (χ3v) is 4.39. The van der Waals surface area contributed by atoms with Crippen molar-refractivity contribution in [3.8, 4) is 11.6 Å². The number of benzene rings is 1. The number of ether oxygens (including phenoxy) is 2. The van der Waals surface area contributed by atoms with E-state index < -0.39 is 6.61 Å². The molecule has 0 amide bonds. The second-order valence-electron chi connectivity index (χ2n) is 5.18. The number of aromatic nitrogens is 2. The van der Waals surface area contributed by atoms with Crippen molar-refractivity contribution < 1.29 is 23.0 Å². The van der Waals surface area contributed by atoms with E-state index in [-0.39, 0.29) is 22.4 Å². The Morgan fingerprint density at radius 2 is 1.96 bits per heavy atom. The highest BCUT2D eigenvalue weighted by atomic mass is 32.1. The van der Waals surface area contributed by atoms with Crippen molar-refractivity contribution in [1.82, 2.24) is 9.97 Å². The summed E-state index contributed by atoms with van der Waals surface area (Å²) >= 11 is 1.08. The summed E-state index contributed by atoms with van der Waals surface area (Å²) < 4.78 is 33.5. The average Bonchev–Trinajstić information content (AvgIpc) is 3.02. The zero-order chi connectivity index (χ0) is 19.4. The normalized spacial score (nSPS) is 10.7. The largest absolute Gasteiger partial charge is 0.497 e. The van der Waals surface area contributed by atoms with Gasteiger partial charge in [0.2, 0.25) is 11.7 Å². The topological polar surface area (TPSA) is 99.4 Å². The number of methoxy groups -OCH3 is 1. The maximum atomic E-state index is 12.6. The lowest BCUT2D eigenvalue weighted by atomic mass is 10.1. The number of carbonyl (C=O) groups excluding carboxylic acids is 1. The van der Waals surface area contributed by atoms with E-state index in [4.69, 9.17) is 10.5 Å². The number of pyridine rings is 1. The van der Waals surface area contributed by atoms with Gasteiger partial charge in [-0.05, 0) is 30.3 Å². The van der Waals surface area contributed by atoms with Crippen LogP contribution in [0.15, 0.2) is 42.6 Å². The van der Waals surface area contributed by atoms with E-state index >= 15 is 0 Å². The number of hydrogen-bond donors (Lipinski definition) is 2. The van der Waals surface area contributed by atoms with Crippen LogP contribution in [0.4, 0.5) is 25.4 Å². The number of carbonyl (C=O) groups is 1. The third kappa shape index (κ3) is 4.47. The fourth-order valence-electron chi connectivity index (χ4n) is 2.16. The zero-order valence-electron chi connectivity index (χ0n) is 14.0. The van der Waals surface area contributed by atoms with Gasteiger partial charge >= 0.3 is 6.61 Å². The van der Waals surface area contributed by atoms with Gasteiger partial charge in [0.15, 0.2) is 5.13 Å². The summed E-state index contributed by atoms with van der Waals surface area (Å²) in [4.78, 5) is 20.8. The summed E-state index contributed by atoms with van der Waals surface area (Å²) in [6.07, 6.45) is 1.31. The van der Waals surface area contributed by atoms with Gasteiger partial charge in [-0.2, -0.15) is 8.78 Å². The molecule has 0 aliphatic rings. The van der Waals surface area contributed by atoms with Crippen molar-refractivity contribution in [2.45, 2.75) is 6.61 Å². The average molecular weight is 392 g/mol. The van der Waals surface area contributed by atoms with Gasteiger partial charge in [0, 0.05) is 11.6 Å². The predicted molar refractivity (Wildman–Crippen MR) is 97.1 cm³/mol. The Morgan fingerprint density at radius 3 is 2.56 bits per heavy atom. The van der Waals surface area contributed by atoms with Crippen LogP contribution in [-0.2, 0) is 0 Å². The fraction of sp³-hybridized carbons (Fsp3) is 0.118. The molecule has 3 rings (SSSR count). The molecule has 0 saturated carbocycles. The summed E-state index contributed by atoms with van der Waals surface area (Å²) in [5, 5.41) is 3.29. The summed E-state index contributed by atoms with van der Waals surface area (Å²) in [6, 6.07) is 9.41. The summed E-state index contributed by atoms with van der Waals surface area (Å²) in [5.41, 5.74) is 6.80. The van der Waals surface area contributed by atoms with Gasteiger partial charge in [0.1, 0.15) is 16.4 Å². The SMILES string of the molecule is COc1ccc(C(=O)c2sc(Nc3ccc(OC(F)F)nc3)nc2N)cc1. The Balaban J connectivity index is 1.74. The molecule has 10 heteroatoms. The van der Waals surface area contributed by atoms with E-state index in [1.165, 1.54) is 25.4 Å². The molecule has 0 spiro atoms. The number of ketones is 1. The van der Waals surface area contributed by atoms with Crippen LogP contribution in [0.25, 0.3) is 0 Å². The third-order valence-electron chi connectivity index (χ3n) is 3.41. The predicted octanol–water partition coefficient (Wildman–Crippen LogP) is 3.70. The quantitative estimate of drug-likeness (QED) is 0.591. The van der Waals surface area contributed by atoms with Gasteiger partial charge in [-0.1, -0.05) is 11.3 Å². The van der Waals surface area contributed by atoms with Crippen LogP contribution in [0, 0.1) is 0 Å². The Labute approximate surface area is 156 Å². The molecular formula is C17H14F2N4O3S. The Kier molecular flexibility index (Phi) is 5.46. The maximum absolute atomic E-state index is 12.6. The first-order chi connectivity index (χ1) is 13.0. The highest BCUT2D eigenvalue weighted by Crippen LogP contribution is 2.30. The first-order valence-corrected chi connectivity index (χ1v) is 8.41. The second kappa shape index (κ2) is 7.96. The van der Waals surface area contributed by atoms with Crippen LogP contribution in [-0.4, -0.2) is 29.5 Å². The van der Waals surface area contributed by atoms with E-state index in [1.807, 2.05) is 0 Å². The number of nitrogens with one attached hydrogen (secondary N) is 1. The van der Waals surface area contributed by atoms with Gasteiger partial charge in [0.25, 0.3) is 0 Å². The number of rotatable bonds is 7. The van der Waals surface area contributed by atoms with E-state index in [2.05, 4.69) is 20.0 Å². The van der Waals surface area contributed by atoms with Crippen LogP contribution in [0.2, 0.25) is 0 Å². The lowest BCUT2D eigenvalue weighted by Gasteiger charge is -2.05. The Hall–Kier alpha value is -3.27. The van der Waals surface area contributed by atoms with E-state index in [0.29, 0.717) is 22.1 Å². The molecule has 0 fully saturated rings. The Bertz CT molecular complexity index is 930. The van der Waals surface area contributed by atoms with Crippen molar-refractivity contribution in [2.75, 3.05) is 18.2 Å². The van der Waals surface area contributed by atoms with Crippen LogP contribution in [0.5, 0.6) is 11.6 Å². The molecule has 2 heterocycles. The molecule has 2 aromatic heterocycles.